The van der Waals surface area contributed by atoms with Gasteiger partial charge in [-0.2, -0.15) is 0 Å². The molecule has 1 saturated heterocycles. The Bertz CT molecular complexity index is 984. The molecular weight excluding hydrogens is 364 g/mol. The van der Waals surface area contributed by atoms with Crippen LogP contribution in [0.4, 0.5) is 11.4 Å². The lowest BCUT2D eigenvalue weighted by atomic mass is 10.1. The average Bonchev–Trinajstić information content (AvgIpc) is 2.80. The summed E-state index contributed by atoms with van der Waals surface area (Å²) in [5.41, 5.74) is 2.66. The van der Waals surface area contributed by atoms with Gasteiger partial charge in [0.2, 0.25) is 0 Å². The van der Waals surface area contributed by atoms with Crippen LogP contribution in [-0.2, 0) is 0 Å². The van der Waals surface area contributed by atoms with E-state index in [9.17, 15) is 9.59 Å². The zero-order chi connectivity index (χ0) is 20.1. The van der Waals surface area contributed by atoms with E-state index in [0.717, 1.165) is 13.1 Å². The van der Waals surface area contributed by atoms with Crippen LogP contribution in [0, 0.1) is 0 Å². The third-order valence-electron chi connectivity index (χ3n) is 4.97. The molecular formula is C23H22N4O2. The fourth-order valence-electron chi connectivity index (χ4n) is 3.39. The molecule has 1 aliphatic heterocycles. The van der Waals surface area contributed by atoms with Crippen molar-refractivity contribution in [1.29, 1.82) is 0 Å². The fourth-order valence-corrected chi connectivity index (χ4v) is 3.39. The number of hydrogen-bond donors (Lipinski definition) is 1. The summed E-state index contributed by atoms with van der Waals surface area (Å²) in [6.45, 7) is 2.82. The first-order valence-corrected chi connectivity index (χ1v) is 9.61. The summed E-state index contributed by atoms with van der Waals surface area (Å²) in [6.07, 6.45) is 2.99. The van der Waals surface area contributed by atoms with Crippen molar-refractivity contribution in [2.75, 3.05) is 36.4 Å². The van der Waals surface area contributed by atoms with Gasteiger partial charge in [-0.25, -0.2) is 0 Å². The SMILES string of the molecule is O=C(Nc1ccccc1)c1cncc(C(=O)N2CCN(c3ccccc3)CC2)c1. The first kappa shape index (κ1) is 18.7. The van der Waals surface area contributed by atoms with Crippen molar-refractivity contribution in [2.45, 2.75) is 0 Å². The van der Waals surface area contributed by atoms with Crippen molar-refractivity contribution in [1.82, 2.24) is 9.88 Å². The van der Waals surface area contributed by atoms with E-state index in [1.54, 1.807) is 6.07 Å². The Balaban J connectivity index is 1.40. The average molecular weight is 386 g/mol. The zero-order valence-electron chi connectivity index (χ0n) is 16.0. The molecule has 6 heteroatoms. The minimum atomic E-state index is -0.285. The van der Waals surface area contributed by atoms with E-state index in [-0.39, 0.29) is 11.8 Å². The van der Waals surface area contributed by atoms with Crippen molar-refractivity contribution in [3.63, 3.8) is 0 Å². The summed E-state index contributed by atoms with van der Waals surface area (Å²) >= 11 is 0. The molecule has 0 bridgehead atoms. The van der Waals surface area contributed by atoms with E-state index < -0.39 is 0 Å². The number of anilines is 2. The Kier molecular flexibility index (Phi) is 5.52. The summed E-state index contributed by atoms with van der Waals surface area (Å²) in [7, 11) is 0. The highest BCUT2D eigenvalue weighted by molar-refractivity contribution is 6.05. The van der Waals surface area contributed by atoms with Gasteiger partial charge in [-0.3, -0.25) is 14.6 Å². The topological polar surface area (TPSA) is 65.5 Å². The number of benzene rings is 2. The van der Waals surface area contributed by atoms with Gasteiger partial charge in [0.05, 0.1) is 11.1 Å². The van der Waals surface area contributed by atoms with Crippen molar-refractivity contribution < 1.29 is 9.59 Å². The van der Waals surface area contributed by atoms with Crippen LogP contribution in [-0.4, -0.2) is 47.9 Å². The molecule has 0 spiro atoms. The number of hydrogen-bond acceptors (Lipinski definition) is 4. The van der Waals surface area contributed by atoms with Gasteiger partial charge in [-0.05, 0) is 30.3 Å². The molecule has 2 amide bonds. The molecule has 0 unspecified atom stereocenters. The van der Waals surface area contributed by atoms with Crippen LogP contribution in [0.1, 0.15) is 20.7 Å². The summed E-state index contributed by atoms with van der Waals surface area (Å²) < 4.78 is 0. The van der Waals surface area contributed by atoms with Crippen molar-refractivity contribution in [3.8, 4) is 0 Å². The normalized spacial score (nSPS) is 13.8. The third-order valence-corrected chi connectivity index (χ3v) is 4.97. The van der Waals surface area contributed by atoms with Crippen LogP contribution >= 0.6 is 0 Å². The van der Waals surface area contributed by atoms with E-state index in [0.29, 0.717) is 29.9 Å². The highest BCUT2D eigenvalue weighted by atomic mass is 16.2. The number of nitrogens with zero attached hydrogens (tertiary/aromatic N) is 3. The van der Waals surface area contributed by atoms with E-state index >= 15 is 0 Å². The first-order valence-electron chi connectivity index (χ1n) is 9.61. The second kappa shape index (κ2) is 8.56. The number of rotatable bonds is 4. The van der Waals surface area contributed by atoms with E-state index in [1.165, 1.54) is 18.1 Å². The van der Waals surface area contributed by atoms with Gasteiger partial charge in [0.15, 0.2) is 0 Å². The summed E-state index contributed by atoms with van der Waals surface area (Å²) in [5, 5.41) is 2.82. The lowest BCUT2D eigenvalue weighted by Crippen LogP contribution is -2.48. The van der Waals surface area contributed by atoms with Gasteiger partial charge in [0.25, 0.3) is 11.8 Å². The number of aromatic nitrogens is 1. The predicted octanol–water partition coefficient (Wildman–Crippen LogP) is 3.30. The maximum Gasteiger partial charge on any atom is 0.257 e. The Hall–Kier alpha value is -3.67. The highest BCUT2D eigenvalue weighted by Gasteiger charge is 2.23. The van der Waals surface area contributed by atoms with Crippen LogP contribution in [0.15, 0.2) is 79.1 Å². The quantitative estimate of drug-likeness (QED) is 0.747. The maximum atomic E-state index is 12.9. The van der Waals surface area contributed by atoms with E-state index in [1.807, 2.05) is 53.4 Å². The molecule has 1 aromatic heterocycles. The molecule has 29 heavy (non-hydrogen) atoms. The molecule has 0 radical (unpaired) electrons. The molecule has 0 aliphatic carbocycles. The van der Waals surface area contributed by atoms with Crippen molar-refractivity contribution >= 4 is 23.2 Å². The number of pyridine rings is 1. The largest absolute Gasteiger partial charge is 0.368 e. The maximum absolute atomic E-state index is 12.9. The van der Waals surface area contributed by atoms with Crippen molar-refractivity contribution in [2.24, 2.45) is 0 Å². The first-order chi connectivity index (χ1) is 14.2. The van der Waals surface area contributed by atoms with Gasteiger partial charge >= 0.3 is 0 Å². The monoisotopic (exact) mass is 386 g/mol. The van der Waals surface area contributed by atoms with E-state index in [2.05, 4.69) is 27.3 Å². The van der Waals surface area contributed by atoms with Crippen LogP contribution < -0.4 is 10.2 Å². The fraction of sp³-hybridized carbons (Fsp3) is 0.174. The molecule has 1 aliphatic rings. The lowest BCUT2D eigenvalue weighted by Gasteiger charge is -2.36. The van der Waals surface area contributed by atoms with Gasteiger partial charge in [0.1, 0.15) is 0 Å². The van der Waals surface area contributed by atoms with Crippen LogP contribution in [0.25, 0.3) is 0 Å². The molecule has 2 heterocycles. The van der Waals surface area contributed by atoms with Gasteiger partial charge in [0, 0.05) is 49.9 Å². The zero-order valence-corrected chi connectivity index (χ0v) is 16.0. The number of para-hydroxylation sites is 2. The number of piperazine rings is 1. The Morgan fingerprint density at radius 3 is 2.10 bits per heavy atom. The Labute approximate surface area is 169 Å². The molecule has 6 nitrogen and oxygen atoms in total. The molecule has 0 saturated carbocycles. The number of amides is 2. The Morgan fingerprint density at radius 1 is 0.793 bits per heavy atom. The molecule has 1 N–H and O–H groups in total. The molecule has 3 aromatic rings. The standard InChI is InChI=1S/C23H22N4O2/c28-22(25-20-7-3-1-4-8-20)18-15-19(17-24-16-18)23(29)27-13-11-26(12-14-27)21-9-5-2-6-10-21/h1-10,15-17H,11-14H2,(H,25,28). The van der Waals surface area contributed by atoms with Crippen LogP contribution in [0.5, 0.6) is 0 Å². The predicted molar refractivity (Wildman–Crippen MR) is 113 cm³/mol. The second-order valence-corrected chi connectivity index (χ2v) is 6.90. The lowest BCUT2D eigenvalue weighted by molar-refractivity contribution is 0.0746. The molecule has 4 rings (SSSR count). The Morgan fingerprint density at radius 2 is 1.41 bits per heavy atom. The minimum Gasteiger partial charge on any atom is -0.368 e. The molecule has 146 valence electrons. The minimum absolute atomic E-state index is 0.0976. The molecule has 2 aromatic carbocycles. The number of carbonyl (C=O) groups excluding carboxylic acids is 2. The highest BCUT2D eigenvalue weighted by Crippen LogP contribution is 2.17. The smallest absolute Gasteiger partial charge is 0.257 e. The number of nitrogens with one attached hydrogen (secondary N) is 1. The van der Waals surface area contributed by atoms with Crippen molar-refractivity contribution in [3.05, 3.63) is 90.3 Å². The van der Waals surface area contributed by atoms with Gasteiger partial charge in [-0.15, -0.1) is 0 Å². The summed E-state index contributed by atoms with van der Waals surface area (Å²) in [4.78, 5) is 33.6. The van der Waals surface area contributed by atoms with Gasteiger partial charge < -0.3 is 15.1 Å². The van der Waals surface area contributed by atoms with Crippen LogP contribution in [0.3, 0.4) is 0 Å². The summed E-state index contributed by atoms with van der Waals surface area (Å²) in [6, 6.07) is 21.0. The third kappa shape index (κ3) is 4.43. The van der Waals surface area contributed by atoms with Gasteiger partial charge in [-0.1, -0.05) is 36.4 Å². The molecule has 0 atom stereocenters. The van der Waals surface area contributed by atoms with E-state index in [4.69, 9.17) is 0 Å². The second-order valence-electron chi connectivity index (χ2n) is 6.90. The molecule has 1 fully saturated rings. The number of carbonyl (C=O) groups is 2. The van der Waals surface area contributed by atoms with Crippen LogP contribution in [0.2, 0.25) is 0 Å². The summed E-state index contributed by atoms with van der Waals surface area (Å²) in [5.74, 6) is -0.383.